The van der Waals surface area contributed by atoms with E-state index in [1.54, 1.807) is 26.4 Å². The van der Waals surface area contributed by atoms with E-state index < -0.39 is 0 Å². The van der Waals surface area contributed by atoms with Crippen LogP contribution in [0.25, 0.3) is 21.3 Å². The van der Waals surface area contributed by atoms with Gasteiger partial charge in [0.25, 0.3) is 5.56 Å². The van der Waals surface area contributed by atoms with E-state index in [-0.39, 0.29) is 24.4 Å². The van der Waals surface area contributed by atoms with Crippen LogP contribution in [-0.2, 0) is 11.3 Å². The number of thiophene rings is 1. The number of methoxy groups -OCH3 is 2. The summed E-state index contributed by atoms with van der Waals surface area (Å²) in [5, 5.41) is 5.44. The van der Waals surface area contributed by atoms with E-state index >= 15 is 0 Å². The molecule has 33 heavy (non-hydrogen) atoms. The maximum absolute atomic E-state index is 13.2. The summed E-state index contributed by atoms with van der Waals surface area (Å²) in [6.07, 6.45) is 1.64. The number of nitrogens with one attached hydrogen (secondary N) is 1. The van der Waals surface area contributed by atoms with Crippen LogP contribution in [0.5, 0.6) is 11.5 Å². The summed E-state index contributed by atoms with van der Waals surface area (Å²) in [5.74, 6) is 0.922. The lowest BCUT2D eigenvalue weighted by molar-refractivity contribution is -0.116. The minimum absolute atomic E-state index is 0.130. The van der Waals surface area contributed by atoms with Gasteiger partial charge in [0.15, 0.2) is 11.5 Å². The molecule has 0 bridgehead atoms. The van der Waals surface area contributed by atoms with Gasteiger partial charge in [-0.25, -0.2) is 4.98 Å². The molecule has 4 aromatic rings. The second-order valence-corrected chi connectivity index (χ2v) is 8.62. The molecule has 0 aliphatic rings. The Labute approximate surface area is 195 Å². The van der Waals surface area contributed by atoms with Crippen LogP contribution < -0.4 is 20.3 Å². The average molecular weight is 464 g/mol. The molecule has 0 atom stereocenters. The zero-order chi connectivity index (χ0) is 23.5. The first-order valence-electron chi connectivity index (χ1n) is 10.5. The summed E-state index contributed by atoms with van der Waals surface area (Å²) in [6.45, 7) is 4.13. The fourth-order valence-corrected chi connectivity index (χ4v) is 4.53. The van der Waals surface area contributed by atoms with Crippen LogP contribution in [0.15, 0.2) is 52.9 Å². The SMILES string of the molecule is COc1cc(C)c(NC(=O)CCn2cnc3scc(-c4ccc(C)cc4)c3c2=O)cc1OC. The molecule has 2 aromatic heterocycles. The van der Waals surface area contributed by atoms with Gasteiger partial charge in [-0.3, -0.25) is 14.2 Å². The van der Waals surface area contributed by atoms with Gasteiger partial charge in [-0.15, -0.1) is 11.3 Å². The zero-order valence-electron chi connectivity index (χ0n) is 19.0. The number of hydrogen-bond acceptors (Lipinski definition) is 6. The minimum atomic E-state index is -0.207. The van der Waals surface area contributed by atoms with Gasteiger partial charge in [-0.05, 0) is 31.0 Å². The number of aryl methyl sites for hydroxylation is 3. The molecule has 0 aliphatic carbocycles. The van der Waals surface area contributed by atoms with Crippen molar-refractivity contribution in [3.05, 3.63) is 69.6 Å². The Morgan fingerprint density at radius 3 is 2.48 bits per heavy atom. The Balaban J connectivity index is 1.53. The summed E-state index contributed by atoms with van der Waals surface area (Å²) >= 11 is 1.44. The van der Waals surface area contributed by atoms with Crippen molar-refractivity contribution in [3.8, 4) is 22.6 Å². The predicted molar refractivity (Wildman–Crippen MR) is 132 cm³/mol. The highest BCUT2D eigenvalue weighted by Gasteiger charge is 2.15. The molecule has 0 aliphatic heterocycles. The van der Waals surface area contributed by atoms with Gasteiger partial charge in [0.1, 0.15) is 4.83 Å². The van der Waals surface area contributed by atoms with Crippen molar-refractivity contribution in [2.45, 2.75) is 26.8 Å². The quantitative estimate of drug-likeness (QED) is 0.426. The highest BCUT2D eigenvalue weighted by molar-refractivity contribution is 7.17. The number of benzene rings is 2. The van der Waals surface area contributed by atoms with Crippen molar-refractivity contribution < 1.29 is 14.3 Å². The number of anilines is 1. The van der Waals surface area contributed by atoms with Gasteiger partial charge in [0, 0.05) is 35.7 Å². The second kappa shape index (κ2) is 9.46. The summed E-state index contributed by atoms with van der Waals surface area (Å²) < 4.78 is 12.1. The van der Waals surface area contributed by atoms with Gasteiger partial charge in [0.05, 0.1) is 25.9 Å². The van der Waals surface area contributed by atoms with Gasteiger partial charge in [-0.1, -0.05) is 29.8 Å². The van der Waals surface area contributed by atoms with Gasteiger partial charge < -0.3 is 14.8 Å². The number of carbonyl (C=O) groups excluding carboxylic acids is 1. The van der Waals surface area contributed by atoms with Gasteiger partial charge in [-0.2, -0.15) is 0 Å². The van der Waals surface area contributed by atoms with Crippen molar-refractivity contribution >= 4 is 33.1 Å². The van der Waals surface area contributed by atoms with Gasteiger partial charge >= 0.3 is 0 Å². The third-order valence-corrected chi connectivity index (χ3v) is 6.39. The number of fused-ring (bicyclic) bond motifs is 1. The maximum atomic E-state index is 13.2. The fourth-order valence-electron chi connectivity index (χ4n) is 3.62. The van der Waals surface area contributed by atoms with Crippen LogP contribution in [0, 0.1) is 13.8 Å². The molecule has 1 amide bonds. The lowest BCUT2D eigenvalue weighted by Gasteiger charge is -2.14. The Morgan fingerprint density at radius 1 is 1.09 bits per heavy atom. The number of amides is 1. The normalized spacial score (nSPS) is 10.9. The van der Waals surface area contributed by atoms with Crippen LogP contribution in [-0.4, -0.2) is 29.7 Å². The van der Waals surface area contributed by atoms with E-state index in [4.69, 9.17) is 9.47 Å². The lowest BCUT2D eigenvalue weighted by atomic mass is 10.1. The van der Waals surface area contributed by atoms with Crippen molar-refractivity contribution in [2.75, 3.05) is 19.5 Å². The fraction of sp³-hybridized carbons (Fsp3) is 0.240. The van der Waals surface area contributed by atoms with Crippen molar-refractivity contribution in [2.24, 2.45) is 0 Å². The van der Waals surface area contributed by atoms with Crippen LogP contribution in [0.2, 0.25) is 0 Å². The molecule has 0 saturated carbocycles. The molecule has 2 aromatic carbocycles. The number of ether oxygens (including phenoxy) is 2. The number of aromatic nitrogens is 2. The van der Waals surface area contributed by atoms with Crippen molar-refractivity contribution in [1.29, 1.82) is 0 Å². The van der Waals surface area contributed by atoms with Crippen molar-refractivity contribution in [3.63, 3.8) is 0 Å². The topological polar surface area (TPSA) is 82.5 Å². The number of rotatable bonds is 7. The molecule has 0 saturated heterocycles. The number of nitrogens with zero attached hydrogens (tertiary/aromatic N) is 2. The molecule has 170 valence electrons. The smallest absolute Gasteiger partial charge is 0.262 e. The lowest BCUT2D eigenvalue weighted by Crippen LogP contribution is -2.23. The van der Waals surface area contributed by atoms with E-state index in [9.17, 15) is 9.59 Å². The molecule has 7 nitrogen and oxygen atoms in total. The predicted octanol–water partition coefficient (Wildman–Crippen LogP) is 4.79. The highest BCUT2D eigenvalue weighted by atomic mass is 32.1. The largest absolute Gasteiger partial charge is 0.493 e. The molecule has 0 fully saturated rings. The van der Waals surface area contributed by atoms with Crippen molar-refractivity contribution in [1.82, 2.24) is 9.55 Å². The molecule has 2 heterocycles. The Morgan fingerprint density at radius 2 is 1.79 bits per heavy atom. The first kappa shape index (κ1) is 22.5. The Bertz CT molecular complexity index is 1370. The summed E-state index contributed by atoms with van der Waals surface area (Å²) in [4.78, 5) is 31.0. The molecular weight excluding hydrogens is 438 g/mol. The van der Waals surface area contributed by atoms with E-state index in [1.807, 2.05) is 43.5 Å². The second-order valence-electron chi connectivity index (χ2n) is 7.76. The van der Waals surface area contributed by atoms with Crippen LogP contribution in [0.4, 0.5) is 5.69 Å². The molecule has 8 heteroatoms. The standard InChI is InChI=1S/C25H25N3O4S/c1-15-5-7-17(8-6-15)18-13-33-24-23(18)25(30)28(14-26-24)10-9-22(29)27-19-12-21(32-4)20(31-3)11-16(19)2/h5-8,11-14H,9-10H2,1-4H3,(H,27,29). The summed E-state index contributed by atoms with van der Waals surface area (Å²) in [5.41, 5.74) is 4.34. The molecule has 0 spiro atoms. The molecule has 4 rings (SSSR count). The molecule has 1 N–H and O–H groups in total. The summed E-state index contributed by atoms with van der Waals surface area (Å²) in [7, 11) is 3.11. The van der Waals surface area contributed by atoms with Crippen LogP contribution in [0.1, 0.15) is 17.5 Å². The first-order valence-corrected chi connectivity index (χ1v) is 11.4. The third-order valence-electron chi connectivity index (χ3n) is 5.51. The molecular formula is C25H25N3O4S. The Hall–Kier alpha value is -3.65. The van der Waals surface area contributed by atoms with E-state index in [0.717, 1.165) is 22.3 Å². The summed E-state index contributed by atoms with van der Waals surface area (Å²) in [6, 6.07) is 11.6. The first-order chi connectivity index (χ1) is 15.9. The number of hydrogen-bond donors (Lipinski definition) is 1. The molecule has 0 radical (unpaired) electrons. The van der Waals surface area contributed by atoms with E-state index in [1.165, 1.54) is 22.2 Å². The number of carbonyl (C=O) groups is 1. The monoisotopic (exact) mass is 463 g/mol. The average Bonchev–Trinajstić information content (AvgIpc) is 3.25. The van der Waals surface area contributed by atoms with Crippen LogP contribution >= 0.6 is 11.3 Å². The Kier molecular flexibility index (Phi) is 6.46. The highest BCUT2D eigenvalue weighted by Crippen LogP contribution is 2.33. The van der Waals surface area contributed by atoms with E-state index in [2.05, 4.69) is 10.3 Å². The third kappa shape index (κ3) is 4.61. The molecule has 0 unspecified atom stereocenters. The van der Waals surface area contributed by atoms with E-state index in [0.29, 0.717) is 27.4 Å². The maximum Gasteiger partial charge on any atom is 0.262 e. The minimum Gasteiger partial charge on any atom is -0.493 e. The zero-order valence-corrected chi connectivity index (χ0v) is 19.8. The van der Waals surface area contributed by atoms with Gasteiger partial charge in [0.2, 0.25) is 5.91 Å². The van der Waals surface area contributed by atoms with Crippen LogP contribution in [0.3, 0.4) is 0 Å².